The Morgan fingerprint density at radius 2 is 1.52 bits per heavy atom. The molecule has 27 heavy (non-hydrogen) atoms. The molecular formula is C19H20F4N4. The number of anilines is 1. The van der Waals surface area contributed by atoms with Gasteiger partial charge in [-0.15, -0.1) is 0 Å². The molecule has 0 unspecified atom stereocenters. The van der Waals surface area contributed by atoms with Gasteiger partial charge in [-0.1, -0.05) is 12.1 Å². The van der Waals surface area contributed by atoms with Crippen molar-refractivity contribution in [1.82, 2.24) is 9.97 Å². The van der Waals surface area contributed by atoms with Crippen LogP contribution in [0.5, 0.6) is 0 Å². The zero-order valence-electron chi connectivity index (χ0n) is 14.8. The number of benzene rings is 1. The topological polar surface area (TPSA) is 63.8 Å². The van der Waals surface area contributed by atoms with E-state index in [4.69, 9.17) is 0 Å². The average Bonchev–Trinajstić information content (AvgIpc) is 2.71. The molecule has 0 aliphatic carbocycles. The van der Waals surface area contributed by atoms with E-state index in [1.807, 2.05) is 19.2 Å². The van der Waals surface area contributed by atoms with E-state index in [0.717, 1.165) is 30.1 Å². The smallest absolute Gasteiger partial charge is 0.280 e. The summed E-state index contributed by atoms with van der Waals surface area (Å²) in [5, 5.41) is 2.99. The van der Waals surface area contributed by atoms with Gasteiger partial charge in [-0.05, 0) is 37.4 Å². The van der Waals surface area contributed by atoms with Crippen molar-refractivity contribution in [1.29, 1.82) is 0 Å². The maximum atomic E-state index is 13.4. The first-order chi connectivity index (χ1) is 13.0. The maximum Gasteiger partial charge on any atom is 0.280 e. The predicted octanol–water partition coefficient (Wildman–Crippen LogP) is 4.66. The molecule has 0 atom stereocenters. The van der Waals surface area contributed by atoms with E-state index in [-0.39, 0.29) is 11.1 Å². The monoisotopic (exact) mass is 380 g/mol. The summed E-state index contributed by atoms with van der Waals surface area (Å²) in [6.45, 7) is 0. The minimum atomic E-state index is -2.70. The van der Waals surface area contributed by atoms with Gasteiger partial charge in [-0.25, -0.2) is 17.6 Å². The van der Waals surface area contributed by atoms with Crippen LogP contribution in [0.15, 0.2) is 61.1 Å². The highest BCUT2D eigenvalue weighted by Crippen LogP contribution is 2.26. The average molecular weight is 380 g/mol. The quantitative estimate of drug-likeness (QED) is 0.649. The predicted molar refractivity (Wildman–Crippen MR) is 98.4 cm³/mol. The van der Waals surface area contributed by atoms with Crippen molar-refractivity contribution in [2.45, 2.75) is 6.43 Å². The highest BCUT2D eigenvalue weighted by molar-refractivity contribution is 5.63. The van der Waals surface area contributed by atoms with Gasteiger partial charge in [0.15, 0.2) is 0 Å². The molecule has 3 aromatic rings. The number of nitrogens with two attached hydrogens (primary N) is 1. The molecule has 0 saturated carbocycles. The number of pyridine rings is 2. The Balaban J connectivity index is 0.000000305. The van der Waals surface area contributed by atoms with Crippen molar-refractivity contribution in [3.63, 3.8) is 0 Å². The van der Waals surface area contributed by atoms with Crippen LogP contribution in [0.25, 0.3) is 11.1 Å². The highest BCUT2D eigenvalue weighted by Gasteiger charge is 2.13. The standard InChI is InChI=1S/C12H7F4N.C6H8N2.CH5N/c13-8-2-1-3-9(14)11(8)7-4-5-10(12(15)16)17-6-7;1-7-6-2-4-8-5-3-6;1-2/h1-6,12H;2-5H,1H3,(H,7,8);2H2,1H3. The van der Waals surface area contributed by atoms with Crippen molar-refractivity contribution in [3.05, 3.63) is 78.4 Å². The number of aromatic nitrogens is 2. The largest absolute Gasteiger partial charge is 0.388 e. The second-order valence-corrected chi connectivity index (χ2v) is 4.85. The molecule has 144 valence electrons. The second-order valence-electron chi connectivity index (χ2n) is 4.85. The third kappa shape index (κ3) is 6.67. The molecule has 0 fully saturated rings. The first kappa shape index (κ1) is 22.0. The van der Waals surface area contributed by atoms with Crippen molar-refractivity contribution in [2.75, 3.05) is 19.4 Å². The lowest BCUT2D eigenvalue weighted by Crippen LogP contribution is -1.93. The van der Waals surface area contributed by atoms with Crippen LogP contribution in [0.4, 0.5) is 23.2 Å². The summed E-state index contributed by atoms with van der Waals surface area (Å²) in [4.78, 5) is 7.31. The lowest BCUT2D eigenvalue weighted by atomic mass is 10.1. The second kappa shape index (κ2) is 11.6. The summed E-state index contributed by atoms with van der Waals surface area (Å²) in [5.74, 6) is -1.51. The SMILES string of the molecule is CN.CNc1ccncc1.Fc1cccc(F)c1-c1ccc(C(F)F)nc1. The molecule has 4 nitrogen and oxygen atoms in total. The van der Waals surface area contributed by atoms with Gasteiger partial charge in [-0.2, -0.15) is 0 Å². The van der Waals surface area contributed by atoms with Crippen LogP contribution in [0, 0.1) is 11.6 Å². The van der Waals surface area contributed by atoms with Crippen LogP contribution < -0.4 is 11.1 Å². The Morgan fingerprint density at radius 3 is 1.93 bits per heavy atom. The maximum absolute atomic E-state index is 13.4. The van der Waals surface area contributed by atoms with Gasteiger partial charge in [0.2, 0.25) is 0 Å². The van der Waals surface area contributed by atoms with Crippen molar-refractivity contribution >= 4 is 5.69 Å². The molecule has 0 bridgehead atoms. The van der Waals surface area contributed by atoms with E-state index in [9.17, 15) is 17.6 Å². The third-order valence-corrected chi connectivity index (χ3v) is 3.23. The van der Waals surface area contributed by atoms with Gasteiger partial charge in [-0.3, -0.25) is 9.97 Å². The summed E-state index contributed by atoms with van der Waals surface area (Å²) >= 11 is 0. The number of halogens is 4. The van der Waals surface area contributed by atoms with Gasteiger partial charge in [0.25, 0.3) is 6.43 Å². The van der Waals surface area contributed by atoms with Gasteiger partial charge >= 0.3 is 0 Å². The number of alkyl halides is 2. The van der Waals surface area contributed by atoms with Crippen molar-refractivity contribution in [2.24, 2.45) is 5.73 Å². The first-order valence-electron chi connectivity index (χ1n) is 7.87. The minimum Gasteiger partial charge on any atom is -0.388 e. The molecule has 3 rings (SSSR count). The Labute approximate surface area is 155 Å². The van der Waals surface area contributed by atoms with Crippen LogP contribution in [0.1, 0.15) is 12.1 Å². The molecule has 0 amide bonds. The molecule has 0 radical (unpaired) electrons. The molecule has 0 aliphatic heterocycles. The number of hydrogen-bond acceptors (Lipinski definition) is 4. The number of rotatable bonds is 3. The molecule has 2 aromatic heterocycles. The fourth-order valence-electron chi connectivity index (χ4n) is 1.97. The molecule has 8 heteroatoms. The van der Waals surface area contributed by atoms with Crippen LogP contribution in [-0.4, -0.2) is 24.1 Å². The third-order valence-electron chi connectivity index (χ3n) is 3.23. The van der Waals surface area contributed by atoms with E-state index in [0.29, 0.717) is 0 Å². The summed E-state index contributed by atoms with van der Waals surface area (Å²) in [6.07, 6.45) is 1.84. The Kier molecular flexibility index (Phi) is 9.46. The fraction of sp³-hybridized carbons (Fsp3) is 0.158. The molecule has 0 saturated heterocycles. The van der Waals surface area contributed by atoms with Crippen molar-refractivity contribution < 1.29 is 17.6 Å². The Morgan fingerprint density at radius 1 is 0.926 bits per heavy atom. The zero-order valence-corrected chi connectivity index (χ0v) is 14.8. The summed E-state index contributed by atoms with van der Waals surface area (Å²) < 4.78 is 51.3. The molecule has 0 spiro atoms. The van der Waals surface area contributed by atoms with E-state index in [2.05, 4.69) is 21.0 Å². The lowest BCUT2D eigenvalue weighted by molar-refractivity contribution is 0.146. The summed E-state index contributed by atoms with van der Waals surface area (Å²) in [7, 11) is 3.38. The zero-order chi connectivity index (χ0) is 20.2. The summed E-state index contributed by atoms with van der Waals surface area (Å²) in [5.41, 5.74) is 5.04. The van der Waals surface area contributed by atoms with E-state index in [1.165, 1.54) is 19.2 Å². The van der Waals surface area contributed by atoms with E-state index >= 15 is 0 Å². The first-order valence-corrected chi connectivity index (χ1v) is 7.87. The molecule has 2 heterocycles. The molecule has 3 N–H and O–H groups in total. The van der Waals surface area contributed by atoms with E-state index < -0.39 is 23.8 Å². The minimum absolute atomic E-state index is 0.130. The van der Waals surface area contributed by atoms with Gasteiger partial charge < -0.3 is 11.1 Å². The van der Waals surface area contributed by atoms with Crippen LogP contribution >= 0.6 is 0 Å². The van der Waals surface area contributed by atoms with Crippen molar-refractivity contribution in [3.8, 4) is 11.1 Å². The Bertz CT molecular complexity index is 776. The molecule has 0 aliphatic rings. The van der Waals surface area contributed by atoms with Crippen LogP contribution in [0.3, 0.4) is 0 Å². The van der Waals surface area contributed by atoms with Gasteiger partial charge in [0.1, 0.15) is 17.3 Å². The molecule has 1 aromatic carbocycles. The van der Waals surface area contributed by atoms with Gasteiger partial charge in [0, 0.05) is 36.9 Å². The normalized spacial score (nSPS) is 9.63. The molecular weight excluding hydrogens is 360 g/mol. The van der Waals surface area contributed by atoms with Crippen LogP contribution in [0.2, 0.25) is 0 Å². The van der Waals surface area contributed by atoms with Crippen LogP contribution in [-0.2, 0) is 0 Å². The van der Waals surface area contributed by atoms with Gasteiger partial charge in [0.05, 0.1) is 5.56 Å². The lowest BCUT2D eigenvalue weighted by Gasteiger charge is -2.05. The fourth-order valence-corrected chi connectivity index (χ4v) is 1.97. The number of nitrogens with one attached hydrogen (secondary N) is 1. The Hall–Kier alpha value is -3.00. The van der Waals surface area contributed by atoms with E-state index in [1.54, 1.807) is 12.4 Å². The summed E-state index contributed by atoms with van der Waals surface area (Å²) in [6, 6.07) is 9.52. The number of hydrogen-bond donors (Lipinski definition) is 2. The number of nitrogens with zero attached hydrogens (tertiary/aromatic N) is 2. The highest BCUT2D eigenvalue weighted by atomic mass is 19.3.